The molecule has 0 radical (unpaired) electrons. The molecule has 3 aromatic carbocycles. The molecule has 0 spiro atoms. The molecule has 0 amide bonds. The van der Waals surface area contributed by atoms with E-state index >= 15 is 0 Å². The van der Waals surface area contributed by atoms with Crippen LogP contribution in [0, 0.1) is 5.82 Å². The Balaban J connectivity index is 1.77. The molecular weight excluding hydrogens is 469 g/mol. The van der Waals surface area contributed by atoms with E-state index < -0.39 is 16.7 Å². The van der Waals surface area contributed by atoms with Gasteiger partial charge >= 0.3 is 5.97 Å². The first kappa shape index (κ1) is 24.3. The number of thiol groups is 1. The minimum atomic E-state index is -2.54. The molecule has 0 N–H and O–H groups in total. The normalized spacial score (nSPS) is 12.0. The second-order valence-electron chi connectivity index (χ2n) is 8.11. The summed E-state index contributed by atoms with van der Waals surface area (Å²) in [6.07, 6.45) is 0.534. The van der Waals surface area contributed by atoms with E-state index in [9.17, 15) is 17.6 Å². The molecule has 35 heavy (non-hydrogen) atoms. The average Bonchev–Trinajstić information content (AvgIpc) is 3.28. The van der Waals surface area contributed by atoms with Crippen LogP contribution in [-0.2, 0) is 32.4 Å². The number of rotatable bonds is 9. The Labute approximate surface area is 204 Å². The van der Waals surface area contributed by atoms with Crippen molar-refractivity contribution < 1.29 is 26.8 Å². The molecule has 4 aromatic rings. The molecule has 0 bridgehead atoms. The molecule has 0 saturated heterocycles. The second-order valence-corrected chi connectivity index (χ2v) is 9.10. The quantitative estimate of drug-likeness (QED) is 0.256. The van der Waals surface area contributed by atoms with Gasteiger partial charge in [-0.05, 0) is 41.8 Å². The number of oxazole rings is 1. The number of esters is 1. The SMILES string of the molecule is CC(=O)OCC(Cc1ccccc1)c1nc(-c2ccc(F)cc2)c(-c2ccc(C[SH](=O)=O)cc2)o1. The van der Waals surface area contributed by atoms with Gasteiger partial charge in [-0.1, -0.05) is 54.6 Å². The summed E-state index contributed by atoms with van der Waals surface area (Å²) in [5.74, 6) is -0.323. The molecule has 180 valence electrons. The van der Waals surface area contributed by atoms with Crippen molar-refractivity contribution in [2.24, 2.45) is 0 Å². The van der Waals surface area contributed by atoms with Gasteiger partial charge in [-0.3, -0.25) is 4.79 Å². The number of benzene rings is 3. The lowest BCUT2D eigenvalue weighted by atomic mass is 10.00. The second kappa shape index (κ2) is 11.1. The molecule has 1 atom stereocenters. The van der Waals surface area contributed by atoms with Crippen LogP contribution >= 0.6 is 0 Å². The Morgan fingerprint density at radius 3 is 2.23 bits per heavy atom. The third kappa shape index (κ3) is 6.42. The van der Waals surface area contributed by atoms with E-state index in [4.69, 9.17) is 14.1 Å². The third-order valence-electron chi connectivity index (χ3n) is 5.45. The maximum Gasteiger partial charge on any atom is 0.302 e. The van der Waals surface area contributed by atoms with Gasteiger partial charge in [0, 0.05) is 18.1 Å². The van der Waals surface area contributed by atoms with Gasteiger partial charge in [0.2, 0.25) is 5.89 Å². The van der Waals surface area contributed by atoms with Gasteiger partial charge in [0.25, 0.3) is 0 Å². The van der Waals surface area contributed by atoms with Crippen LogP contribution in [0.4, 0.5) is 4.39 Å². The van der Waals surface area contributed by atoms with Crippen molar-refractivity contribution in [1.82, 2.24) is 4.98 Å². The molecule has 6 nitrogen and oxygen atoms in total. The van der Waals surface area contributed by atoms with Gasteiger partial charge in [0.1, 0.15) is 28.8 Å². The van der Waals surface area contributed by atoms with Crippen molar-refractivity contribution in [3.63, 3.8) is 0 Å². The summed E-state index contributed by atoms with van der Waals surface area (Å²) in [6, 6.07) is 22.7. The summed E-state index contributed by atoms with van der Waals surface area (Å²) in [5, 5.41) is 0. The van der Waals surface area contributed by atoms with Crippen LogP contribution in [0.3, 0.4) is 0 Å². The number of aromatic nitrogens is 1. The first-order valence-corrected chi connectivity index (χ1v) is 12.4. The summed E-state index contributed by atoms with van der Waals surface area (Å²) >= 11 is 0. The van der Waals surface area contributed by atoms with Gasteiger partial charge in [-0.25, -0.2) is 17.8 Å². The molecule has 0 aliphatic carbocycles. The lowest BCUT2D eigenvalue weighted by Gasteiger charge is -2.13. The zero-order chi connectivity index (χ0) is 24.8. The average molecular weight is 494 g/mol. The molecule has 0 aliphatic rings. The topological polar surface area (TPSA) is 86.5 Å². The predicted molar refractivity (Wildman–Crippen MR) is 131 cm³/mol. The lowest BCUT2D eigenvalue weighted by Crippen LogP contribution is -2.13. The van der Waals surface area contributed by atoms with Gasteiger partial charge in [0.15, 0.2) is 5.76 Å². The summed E-state index contributed by atoms with van der Waals surface area (Å²) in [4.78, 5) is 16.3. The van der Waals surface area contributed by atoms with Gasteiger partial charge in [0.05, 0.1) is 11.7 Å². The first-order chi connectivity index (χ1) is 16.9. The largest absolute Gasteiger partial charge is 0.465 e. The number of hydrogen-bond donors (Lipinski definition) is 1. The summed E-state index contributed by atoms with van der Waals surface area (Å²) in [6.45, 7) is 1.43. The first-order valence-electron chi connectivity index (χ1n) is 11.0. The van der Waals surface area contributed by atoms with Crippen molar-refractivity contribution in [3.05, 3.63) is 102 Å². The molecule has 0 fully saturated rings. The van der Waals surface area contributed by atoms with E-state index in [2.05, 4.69) is 0 Å². The molecular formula is C27H24FNO5S. The number of nitrogens with zero attached hydrogens (tertiary/aromatic N) is 1. The maximum absolute atomic E-state index is 13.6. The van der Waals surface area contributed by atoms with E-state index in [1.165, 1.54) is 19.1 Å². The highest BCUT2D eigenvalue weighted by Gasteiger charge is 2.25. The highest BCUT2D eigenvalue weighted by atomic mass is 32.2. The lowest BCUT2D eigenvalue weighted by molar-refractivity contribution is -0.141. The van der Waals surface area contributed by atoms with E-state index in [0.717, 1.165) is 5.56 Å². The number of halogens is 1. The molecule has 1 aromatic heterocycles. The van der Waals surface area contributed by atoms with Crippen molar-refractivity contribution in [2.75, 3.05) is 6.61 Å². The molecule has 4 rings (SSSR count). The molecule has 1 heterocycles. The number of ether oxygens (including phenoxy) is 1. The highest BCUT2D eigenvalue weighted by molar-refractivity contribution is 7.71. The summed E-state index contributed by atoms with van der Waals surface area (Å²) in [7, 11) is -2.54. The van der Waals surface area contributed by atoms with Crippen LogP contribution < -0.4 is 0 Å². The van der Waals surface area contributed by atoms with Gasteiger partial charge in [-0.2, -0.15) is 0 Å². The van der Waals surface area contributed by atoms with Crippen LogP contribution in [-0.4, -0.2) is 26.0 Å². The van der Waals surface area contributed by atoms with E-state index in [-0.39, 0.29) is 24.1 Å². The third-order valence-corrected chi connectivity index (χ3v) is 6.07. The molecule has 0 saturated carbocycles. The Kier molecular flexibility index (Phi) is 7.72. The molecule has 8 heteroatoms. The summed E-state index contributed by atoms with van der Waals surface area (Å²) < 4.78 is 47.3. The van der Waals surface area contributed by atoms with Crippen LogP contribution in [0.15, 0.2) is 83.3 Å². The van der Waals surface area contributed by atoms with Crippen molar-refractivity contribution in [1.29, 1.82) is 0 Å². The molecule has 1 unspecified atom stereocenters. The zero-order valence-electron chi connectivity index (χ0n) is 19.0. The smallest absolute Gasteiger partial charge is 0.302 e. The van der Waals surface area contributed by atoms with Crippen molar-refractivity contribution in [3.8, 4) is 22.6 Å². The van der Waals surface area contributed by atoms with Crippen LogP contribution in [0.1, 0.15) is 29.9 Å². The monoisotopic (exact) mass is 493 g/mol. The Bertz CT molecular complexity index is 1360. The van der Waals surface area contributed by atoms with Crippen LogP contribution in [0.2, 0.25) is 0 Å². The standard InChI is InChI=1S/C27H24FNO5S/c1-18(30)33-16-23(15-19-5-3-2-4-6-19)27-29-25(21-11-13-24(28)14-12-21)26(34-27)22-9-7-20(8-10-22)17-35(31)32/h2-14,23,35H,15-17H2,1H3. The Hall–Kier alpha value is -3.78. The fourth-order valence-corrected chi connectivity index (χ4v) is 4.26. The minimum absolute atomic E-state index is 0.0520. The minimum Gasteiger partial charge on any atom is -0.465 e. The van der Waals surface area contributed by atoms with E-state index in [1.807, 2.05) is 30.3 Å². The van der Waals surface area contributed by atoms with Gasteiger partial charge < -0.3 is 9.15 Å². The number of carbonyl (C=O) groups is 1. The maximum atomic E-state index is 13.6. The van der Waals surface area contributed by atoms with Gasteiger partial charge in [-0.15, -0.1) is 0 Å². The Morgan fingerprint density at radius 1 is 0.943 bits per heavy atom. The Morgan fingerprint density at radius 2 is 1.60 bits per heavy atom. The zero-order valence-corrected chi connectivity index (χ0v) is 19.9. The predicted octanol–water partition coefficient (Wildman–Crippen LogP) is 5.15. The molecule has 0 aliphatic heterocycles. The van der Waals surface area contributed by atoms with Crippen molar-refractivity contribution >= 4 is 16.7 Å². The number of carbonyl (C=O) groups excluding carboxylic acids is 1. The fourth-order valence-electron chi connectivity index (χ4n) is 3.76. The van der Waals surface area contributed by atoms with Crippen LogP contribution in [0.5, 0.6) is 0 Å². The fraction of sp³-hybridized carbons (Fsp3) is 0.185. The number of hydrogen-bond acceptors (Lipinski definition) is 6. The van der Waals surface area contributed by atoms with Crippen molar-refractivity contribution in [2.45, 2.75) is 25.0 Å². The van der Waals surface area contributed by atoms with Crippen LogP contribution in [0.25, 0.3) is 22.6 Å². The van der Waals surface area contributed by atoms with E-state index in [1.54, 1.807) is 36.4 Å². The van der Waals surface area contributed by atoms with E-state index in [0.29, 0.717) is 40.5 Å². The summed E-state index contributed by atoms with van der Waals surface area (Å²) in [5.41, 5.74) is 3.56. The highest BCUT2D eigenvalue weighted by Crippen LogP contribution is 2.36.